The van der Waals surface area contributed by atoms with Crippen molar-refractivity contribution in [3.05, 3.63) is 138 Å². The van der Waals surface area contributed by atoms with Crippen LogP contribution in [0.4, 0.5) is 5.69 Å². The van der Waals surface area contributed by atoms with Crippen molar-refractivity contribution in [2.75, 3.05) is 11.9 Å². The van der Waals surface area contributed by atoms with E-state index in [-0.39, 0.29) is 18.2 Å². The normalized spacial score (nSPS) is 11.4. The molecule has 192 valence electrons. The summed E-state index contributed by atoms with van der Waals surface area (Å²) in [5.41, 5.74) is 5.88. The molecule has 1 heterocycles. The fraction of sp³-hybridized carbons (Fsp3) is 0.182. The molecule has 0 aliphatic carbocycles. The summed E-state index contributed by atoms with van der Waals surface area (Å²) in [7, 11) is 1.81. The van der Waals surface area contributed by atoms with Gasteiger partial charge in [0.05, 0.1) is 0 Å². The van der Waals surface area contributed by atoms with Gasteiger partial charge in [0.1, 0.15) is 0 Å². The highest BCUT2D eigenvalue weighted by Crippen LogP contribution is 2.31. The van der Waals surface area contributed by atoms with Crippen molar-refractivity contribution in [3.8, 4) is 0 Å². The largest absolute Gasteiger partial charge is 0.481 e. The lowest BCUT2D eigenvalue weighted by atomic mass is 9.88. The molecular formula is C33H32N2O3. The molecule has 3 aromatic carbocycles. The molecular weight excluding hydrogens is 472 g/mol. The van der Waals surface area contributed by atoms with Crippen LogP contribution in [0, 0.1) is 0 Å². The van der Waals surface area contributed by atoms with Crippen molar-refractivity contribution in [1.82, 2.24) is 4.98 Å². The van der Waals surface area contributed by atoms with Gasteiger partial charge in [0, 0.05) is 49.5 Å². The lowest BCUT2D eigenvalue weighted by Crippen LogP contribution is -2.28. The van der Waals surface area contributed by atoms with Gasteiger partial charge in [-0.1, -0.05) is 84.9 Å². The fourth-order valence-corrected chi connectivity index (χ4v) is 4.56. The molecule has 0 aliphatic heterocycles. The Bertz CT molecular complexity index is 1330. The van der Waals surface area contributed by atoms with Gasteiger partial charge in [-0.05, 0) is 53.3 Å². The lowest BCUT2D eigenvalue weighted by molar-refractivity contribution is -0.137. The predicted octanol–water partition coefficient (Wildman–Crippen LogP) is 6.95. The van der Waals surface area contributed by atoms with Crippen molar-refractivity contribution in [2.24, 2.45) is 0 Å². The standard InChI is InChI=1S/C33H32N2O3/c1-35(32(36)23-31(25-12-4-2-5-13-25)26-14-6-3-7-15-26)29-18-10-16-27(22-29)30(19-8-9-20-33(37)38)28-17-11-21-34-24-28/h2-7,10-19,21-22,24,31H,8-9,20,23H2,1H3,(H,37,38). The highest BCUT2D eigenvalue weighted by Gasteiger charge is 2.21. The number of carboxylic acid groups (broad SMARTS) is 1. The Morgan fingerprint density at radius 3 is 2.13 bits per heavy atom. The maximum atomic E-state index is 13.6. The Hall–Kier alpha value is -4.51. The van der Waals surface area contributed by atoms with E-state index in [4.69, 9.17) is 5.11 Å². The third-order valence-electron chi connectivity index (χ3n) is 6.62. The summed E-state index contributed by atoms with van der Waals surface area (Å²) in [6, 6.07) is 32.0. The van der Waals surface area contributed by atoms with Crippen LogP contribution in [0.2, 0.25) is 0 Å². The third-order valence-corrected chi connectivity index (χ3v) is 6.62. The molecule has 5 nitrogen and oxygen atoms in total. The number of pyridine rings is 1. The minimum Gasteiger partial charge on any atom is -0.481 e. The maximum absolute atomic E-state index is 13.6. The quantitative estimate of drug-likeness (QED) is 0.224. The molecule has 38 heavy (non-hydrogen) atoms. The van der Waals surface area contributed by atoms with Crippen LogP contribution in [0.15, 0.2) is 116 Å². The summed E-state index contributed by atoms with van der Waals surface area (Å²) >= 11 is 0. The number of amides is 1. The van der Waals surface area contributed by atoms with E-state index in [1.54, 1.807) is 17.3 Å². The minimum absolute atomic E-state index is 0.0215. The van der Waals surface area contributed by atoms with Crippen molar-refractivity contribution in [1.29, 1.82) is 0 Å². The molecule has 0 fully saturated rings. The Balaban J connectivity index is 1.59. The number of nitrogens with zero attached hydrogens (tertiary/aromatic N) is 2. The molecule has 0 atom stereocenters. The van der Waals surface area contributed by atoms with Crippen LogP contribution < -0.4 is 4.90 Å². The maximum Gasteiger partial charge on any atom is 0.303 e. The van der Waals surface area contributed by atoms with Gasteiger partial charge >= 0.3 is 5.97 Å². The number of hydrogen-bond acceptors (Lipinski definition) is 3. The molecule has 1 N–H and O–H groups in total. The highest BCUT2D eigenvalue weighted by atomic mass is 16.4. The van der Waals surface area contributed by atoms with Crippen LogP contribution in [0.3, 0.4) is 0 Å². The molecule has 0 saturated heterocycles. The second-order valence-corrected chi connectivity index (χ2v) is 9.23. The molecule has 0 radical (unpaired) electrons. The number of aromatic nitrogens is 1. The molecule has 0 unspecified atom stereocenters. The van der Waals surface area contributed by atoms with Crippen LogP contribution >= 0.6 is 0 Å². The first-order valence-electron chi connectivity index (χ1n) is 12.8. The number of carboxylic acids is 1. The zero-order valence-electron chi connectivity index (χ0n) is 21.5. The van der Waals surface area contributed by atoms with Crippen molar-refractivity contribution >= 4 is 23.1 Å². The number of aliphatic carboxylic acids is 1. The van der Waals surface area contributed by atoms with Crippen LogP contribution in [0.1, 0.15) is 53.9 Å². The third kappa shape index (κ3) is 7.04. The number of anilines is 1. The molecule has 0 aliphatic rings. The van der Waals surface area contributed by atoms with E-state index in [1.807, 2.05) is 79.8 Å². The number of benzene rings is 3. The van der Waals surface area contributed by atoms with E-state index in [0.717, 1.165) is 33.5 Å². The van der Waals surface area contributed by atoms with E-state index >= 15 is 0 Å². The molecule has 0 bridgehead atoms. The van der Waals surface area contributed by atoms with Crippen LogP contribution in [0.5, 0.6) is 0 Å². The second-order valence-electron chi connectivity index (χ2n) is 9.23. The number of hydrogen-bond donors (Lipinski definition) is 1. The Morgan fingerprint density at radius 1 is 0.868 bits per heavy atom. The Labute approximate surface area is 224 Å². The average Bonchev–Trinajstić information content (AvgIpc) is 2.96. The van der Waals surface area contributed by atoms with Gasteiger partial charge in [-0.3, -0.25) is 14.6 Å². The van der Waals surface area contributed by atoms with E-state index in [0.29, 0.717) is 19.3 Å². The number of carbonyl (C=O) groups excluding carboxylic acids is 1. The Morgan fingerprint density at radius 2 is 1.53 bits per heavy atom. The molecule has 1 aromatic heterocycles. The van der Waals surface area contributed by atoms with Crippen LogP contribution in [-0.2, 0) is 9.59 Å². The molecule has 4 rings (SSSR count). The zero-order valence-corrected chi connectivity index (χ0v) is 21.5. The molecule has 0 spiro atoms. The smallest absolute Gasteiger partial charge is 0.303 e. The van der Waals surface area contributed by atoms with Gasteiger partial charge < -0.3 is 10.0 Å². The molecule has 5 heteroatoms. The van der Waals surface area contributed by atoms with Gasteiger partial charge in [0.2, 0.25) is 5.91 Å². The highest BCUT2D eigenvalue weighted by molar-refractivity contribution is 5.94. The first kappa shape index (κ1) is 26.6. The van der Waals surface area contributed by atoms with Crippen molar-refractivity contribution in [2.45, 2.75) is 31.6 Å². The number of carbonyl (C=O) groups is 2. The van der Waals surface area contributed by atoms with Gasteiger partial charge in [0.25, 0.3) is 0 Å². The monoisotopic (exact) mass is 504 g/mol. The zero-order chi connectivity index (χ0) is 26.7. The lowest BCUT2D eigenvalue weighted by Gasteiger charge is -2.23. The molecule has 0 saturated carbocycles. The van der Waals surface area contributed by atoms with Crippen molar-refractivity contribution < 1.29 is 14.7 Å². The van der Waals surface area contributed by atoms with Gasteiger partial charge in [0.15, 0.2) is 0 Å². The second kappa shape index (κ2) is 13.2. The fourth-order valence-electron chi connectivity index (χ4n) is 4.56. The topological polar surface area (TPSA) is 70.5 Å². The molecule has 4 aromatic rings. The number of rotatable bonds is 11. The molecule has 1 amide bonds. The van der Waals surface area contributed by atoms with Crippen LogP contribution in [-0.4, -0.2) is 29.0 Å². The van der Waals surface area contributed by atoms with E-state index in [9.17, 15) is 9.59 Å². The van der Waals surface area contributed by atoms with Gasteiger partial charge in [-0.15, -0.1) is 0 Å². The van der Waals surface area contributed by atoms with Crippen LogP contribution in [0.25, 0.3) is 5.57 Å². The van der Waals surface area contributed by atoms with E-state index in [2.05, 4.69) is 35.3 Å². The predicted molar refractivity (Wildman–Crippen MR) is 152 cm³/mol. The summed E-state index contributed by atoms with van der Waals surface area (Å²) in [5, 5.41) is 9.00. The first-order chi connectivity index (χ1) is 18.5. The summed E-state index contributed by atoms with van der Waals surface area (Å²) < 4.78 is 0. The summed E-state index contributed by atoms with van der Waals surface area (Å²) in [6.45, 7) is 0. The number of allylic oxidation sites excluding steroid dienone is 1. The summed E-state index contributed by atoms with van der Waals surface area (Å²) in [6.07, 6.45) is 7.23. The van der Waals surface area contributed by atoms with Gasteiger partial charge in [-0.25, -0.2) is 0 Å². The van der Waals surface area contributed by atoms with E-state index in [1.165, 1.54) is 0 Å². The van der Waals surface area contributed by atoms with E-state index < -0.39 is 5.97 Å². The SMILES string of the molecule is CN(C(=O)CC(c1ccccc1)c1ccccc1)c1cccc(C(=CCCCC(=O)O)c2cccnc2)c1. The van der Waals surface area contributed by atoms with Gasteiger partial charge in [-0.2, -0.15) is 0 Å². The van der Waals surface area contributed by atoms with Crippen molar-refractivity contribution in [3.63, 3.8) is 0 Å². The summed E-state index contributed by atoms with van der Waals surface area (Å²) in [4.78, 5) is 30.5. The first-order valence-corrected chi connectivity index (χ1v) is 12.8. The Kier molecular flexibility index (Phi) is 9.19. The minimum atomic E-state index is -0.798. The summed E-state index contributed by atoms with van der Waals surface area (Å²) in [5.74, 6) is -0.823. The number of unbranched alkanes of at least 4 members (excludes halogenated alkanes) is 1. The average molecular weight is 505 g/mol.